The SMILES string of the molecule is CN(CC1CCCOC1)c1cccc(F)c1CCl. The van der Waals surface area contributed by atoms with E-state index in [0.29, 0.717) is 11.5 Å². The summed E-state index contributed by atoms with van der Waals surface area (Å²) in [6, 6.07) is 5.11. The van der Waals surface area contributed by atoms with Gasteiger partial charge in [0.1, 0.15) is 5.82 Å². The molecular weight excluding hydrogens is 253 g/mol. The average Bonchev–Trinajstić information content (AvgIpc) is 2.39. The summed E-state index contributed by atoms with van der Waals surface area (Å²) in [6.45, 7) is 2.55. The number of halogens is 2. The van der Waals surface area contributed by atoms with Gasteiger partial charge in [-0.3, -0.25) is 0 Å². The average molecular weight is 272 g/mol. The molecule has 1 unspecified atom stereocenters. The van der Waals surface area contributed by atoms with Gasteiger partial charge in [0.25, 0.3) is 0 Å². The highest BCUT2D eigenvalue weighted by molar-refractivity contribution is 6.17. The Balaban J connectivity index is 2.07. The second-order valence-corrected chi connectivity index (χ2v) is 5.10. The molecule has 0 amide bonds. The van der Waals surface area contributed by atoms with E-state index < -0.39 is 0 Å². The molecule has 100 valence electrons. The summed E-state index contributed by atoms with van der Waals surface area (Å²) in [5, 5.41) is 0. The normalized spacial score (nSPS) is 19.8. The molecule has 2 nitrogen and oxygen atoms in total. The summed E-state index contributed by atoms with van der Waals surface area (Å²) in [7, 11) is 1.99. The maximum atomic E-state index is 13.7. The van der Waals surface area contributed by atoms with Crippen LogP contribution in [0.1, 0.15) is 18.4 Å². The highest BCUT2D eigenvalue weighted by atomic mass is 35.5. The summed E-state index contributed by atoms with van der Waals surface area (Å²) >= 11 is 5.83. The topological polar surface area (TPSA) is 12.5 Å². The van der Waals surface area contributed by atoms with Gasteiger partial charge in [-0.05, 0) is 30.9 Å². The van der Waals surface area contributed by atoms with Gasteiger partial charge in [-0.15, -0.1) is 11.6 Å². The molecule has 1 aromatic rings. The largest absolute Gasteiger partial charge is 0.381 e. The van der Waals surface area contributed by atoms with Crippen molar-refractivity contribution in [1.29, 1.82) is 0 Å². The highest BCUT2D eigenvalue weighted by Gasteiger charge is 2.18. The fraction of sp³-hybridized carbons (Fsp3) is 0.571. The van der Waals surface area contributed by atoms with Crippen molar-refractivity contribution in [2.45, 2.75) is 18.7 Å². The predicted octanol–water partition coefficient (Wildman–Crippen LogP) is 3.43. The van der Waals surface area contributed by atoms with Crippen molar-refractivity contribution in [1.82, 2.24) is 0 Å². The van der Waals surface area contributed by atoms with E-state index in [9.17, 15) is 4.39 Å². The van der Waals surface area contributed by atoms with Crippen LogP contribution in [0.25, 0.3) is 0 Å². The third-order valence-electron chi connectivity index (χ3n) is 3.43. The van der Waals surface area contributed by atoms with Gasteiger partial charge in [0.2, 0.25) is 0 Å². The molecule has 2 rings (SSSR count). The molecule has 0 saturated carbocycles. The lowest BCUT2D eigenvalue weighted by Crippen LogP contribution is -2.31. The van der Waals surface area contributed by atoms with Crippen LogP contribution in [-0.2, 0) is 10.6 Å². The van der Waals surface area contributed by atoms with E-state index in [4.69, 9.17) is 16.3 Å². The van der Waals surface area contributed by atoms with E-state index in [1.54, 1.807) is 6.07 Å². The lowest BCUT2D eigenvalue weighted by molar-refractivity contribution is 0.0576. The minimum atomic E-state index is -0.228. The Morgan fingerprint density at radius 2 is 2.33 bits per heavy atom. The van der Waals surface area contributed by atoms with Crippen LogP contribution in [0.5, 0.6) is 0 Å². The number of benzene rings is 1. The Hall–Kier alpha value is -0.800. The molecule has 1 aliphatic rings. The van der Waals surface area contributed by atoms with Gasteiger partial charge in [0.15, 0.2) is 0 Å². The zero-order chi connectivity index (χ0) is 13.0. The molecule has 1 fully saturated rings. The molecule has 1 atom stereocenters. The molecule has 0 spiro atoms. The van der Waals surface area contributed by atoms with Gasteiger partial charge in [0, 0.05) is 31.5 Å². The minimum Gasteiger partial charge on any atom is -0.381 e. The summed E-state index contributed by atoms with van der Waals surface area (Å²) < 4.78 is 19.1. The predicted molar refractivity (Wildman–Crippen MR) is 72.8 cm³/mol. The second-order valence-electron chi connectivity index (χ2n) is 4.83. The maximum Gasteiger partial charge on any atom is 0.129 e. The van der Waals surface area contributed by atoms with Crippen LogP contribution in [-0.4, -0.2) is 26.8 Å². The van der Waals surface area contributed by atoms with E-state index in [1.165, 1.54) is 12.5 Å². The first-order chi connectivity index (χ1) is 8.72. The van der Waals surface area contributed by atoms with Crippen LogP contribution in [0.15, 0.2) is 18.2 Å². The Labute approximate surface area is 113 Å². The Kier molecular flexibility index (Phi) is 4.84. The lowest BCUT2D eigenvalue weighted by atomic mass is 10.0. The van der Waals surface area contributed by atoms with E-state index in [0.717, 1.165) is 31.9 Å². The van der Waals surface area contributed by atoms with Crippen molar-refractivity contribution in [3.63, 3.8) is 0 Å². The van der Waals surface area contributed by atoms with Gasteiger partial charge >= 0.3 is 0 Å². The van der Waals surface area contributed by atoms with Crippen LogP contribution in [0.2, 0.25) is 0 Å². The number of ether oxygens (including phenoxy) is 1. The smallest absolute Gasteiger partial charge is 0.129 e. The third kappa shape index (κ3) is 3.15. The molecule has 0 aliphatic carbocycles. The monoisotopic (exact) mass is 271 g/mol. The van der Waals surface area contributed by atoms with E-state index in [2.05, 4.69) is 4.90 Å². The van der Waals surface area contributed by atoms with Gasteiger partial charge in [-0.2, -0.15) is 0 Å². The molecule has 0 N–H and O–H groups in total. The van der Waals surface area contributed by atoms with Crippen LogP contribution < -0.4 is 4.90 Å². The first-order valence-corrected chi connectivity index (χ1v) is 6.88. The van der Waals surface area contributed by atoms with Gasteiger partial charge in [0.05, 0.1) is 12.5 Å². The minimum absolute atomic E-state index is 0.202. The summed E-state index contributed by atoms with van der Waals surface area (Å²) in [6.07, 6.45) is 2.29. The quantitative estimate of drug-likeness (QED) is 0.778. The second kappa shape index (κ2) is 6.39. The molecule has 1 heterocycles. The van der Waals surface area contributed by atoms with Crippen molar-refractivity contribution in [2.24, 2.45) is 5.92 Å². The van der Waals surface area contributed by atoms with Gasteiger partial charge < -0.3 is 9.64 Å². The molecule has 1 aromatic carbocycles. The standard InChI is InChI=1S/C14H19ClFNO/c1-17(9-11-4-3-7-18-10-11)14-6-2-5-13(16)12(14)8-15/h2,5-6,11H,3-4,7-10H2,1H3. The first-order valence-electron chi connectivity index (χ1n) is 6.34. The Bertz CT molecular complexity index is 393. The number of alkyl halides is 1. The molecular formula is C14H19ClFNO. The molecule has 0 aromatic heterocycles. The van der Waals surface area contributed by atoms with Crippen molar-refractivity contribution in [2.75, 3.05) is 31.7 Å². The van der Waals surface area contributed by atoms with Crippen molar-refractivity contribution in [3.05, 3.63) is 29.6 Å². The Morgan fingerprint density at radius 1 is 1.50 bits per heavy atom. The van der Waals surface area contributed by atoms with E-state index in [1.807, 2.05) is 13.1 Å². The van der Waals surface area contributed by atoms with Gasteiger partial charge in [-0.1, -0.05) is 6.07 Å². The van der Waals surface area contributed by atoms with Crippen LogP contribution >= 0.6 is 11.6 Å². The van der Waals surface area contributed by atoms with Crippen molar-refractivity contribution in [3.8, 4) is 0 Å². The zero-order valence-electron chi connectivity index (χ0n) is 10.7. The zero-order valence-corrected chi connectivity index (χ0v) is 11.4. The molecule has 1 saturated heterocycles. The fourth-order valence-electron chi connectivity index (χ4n) is 2.47. The van der Waals surface area contributed by atoms with Gasteiger partial charge in [-0.25, -0.2) is 4.39 Å². The number of rotatable bonds is 4. The Morgan fingerprint density at radius 3 is 3.00 bits per heavy atom. The summed E-state index contributed by atoms with van der Waals surface area (Å²) in [5.41, 5.74) is 1.47. The maximum absolute atomic E-state index is 13.7. The van der Waals surface area contributed by atoms with E-state index >= 15 is 0 Å². The van der Waals surface area contributed by atoms with Crippen LogP contribution in [0.3, 0.4) is 0 Å². The summed E-state index contributed by atoms with van der Waals surface area (Å²) in [4.78, 5) is 2.08. The highest BCUT2D eigenvalue weighted by Crippen LogP contribution is 2.26. The third-order valence-corrected chi connectivity index (χ3v) is 3.69. The fourth-order valence-corrected chi connectivity index (χ4v) is 2.74. The molecule has 4 heteroatoms. The molecule has 0 radical (unpaired) electrons. The summed E-state index contributed by atoms with van der Waals surface area (Å²) in [5.74, 6) is 0.498. The van der Waals surface area contributed by atoms with Crippen molar-refractivity contribution < 1.29 is 9.13 Å². The number of anilines is 1. The molecule has 18 heavy (non-hydrogen) atoms. The number of nitrogens with zero attached hydrogens (tertiary/aromatic N) is 1. The lowest BCUT2D eigenvalue weighted by Gasteiger charge is -2.29. The molecule has 0 bridgehead atoms. The van der Waals surface area contributed by atoms with Crippen LogP contribution in [0.4, 0.5) is 10.1 Å². The van der Waals surface area contributed by atoms with E-state index in [-0.39, 0.29) is 11.7 Å². The first kappa shape index (κ1) is 13.6. The number of hydrogen-bond donors (Lipinski definition) is 0. The van der Waals surface area contributed by atoms with Crippen molar-refractivity contribution >= 4 is 17.3 Å². The van der Waals surface area contributed by atoms with Crippen LogP contribution in [0, 0.1) is 11.7 Å². The molecule has 1 aliphatic heterocycles. The number of hydrogen-bond acceptors (Lipinski definition) is 2.